The van der Waals surface area contributed by atoms with Crippen molar-refractivity contribution in [2.24, 2.45) is 5.92 Å². The van der Waals surface area contributed by atoms with Gasteiger partial charge in [-0.15, -0.1) is 12.4 Å². The van der Waals surface area contributed by atoms with Crippen molar-refractivity contribution < 1.29 is 28.6 Å². The molecular weight excluding hydrogens is 422 g/mol. The van der Waals surface area contributed by atoms with Crippen LogP contribution in [0, 0.1) is 5.92 Å². The molecule has 0 saturated carbocycles. The standard InChI is InChI=1S/C18H23N3O5S.ClH.H2O/c1-13(2)17(18(22)20-23)21(12-14-5-4-10-19-11-14)27(24,25)16-8-6-15(26-3)7-9-16;;/h4-11,13,17,23H,12H2,1-3H3,(H,20,22);1H;1H2/t17-;;/m1../s1. The smallest absolute Gasteiger partial charge is 0.262 e. The summed E-state index contributed by atoms with van der Waals surface area (Å²) in [5, 5.41) is 9.12. The molecule has 2 aromatic rings. The van der Waals surface area contributed by atoms with Gasteiger partial charge in [0.2, 0.25) is 10.0 Å². The zero-order valence-electron chi connectivity index (χ0n) is 16.3. The fourth-order valence-electron chi connectivity index (χ4n) is 2.72. The first-order valence-electron chi connectivity index (χ1n) is 8.30. The van der Waals surface area contributed by atoms with Gasteiger partial charge in [0.25, 0.3) is 5.91 Å². The number of pyridine rings is 1. The monoisotopic (exact) mass is 447 g/mol. The Hall–Kier alpha value is -2.24. The van der Waals surface area contributed by atoms with Crippen molar-refractivity contribution in [1.82, 2.24) is 14.8 Å². The Labute approximate surface area is 176 Å². The Morgan fingerprint density at radius 3 is 2.31 bits per heavy atom. The number of ether oxygens (including phenoxy) is 1. The molecule has 0 unspecified atom stereocenters. The van der Waals surface area contributed by atoms with E-state index < -0.39 is 22.0 Å². The van der Waals surface area contributed by atoms with Gasteiger partial charge in [-0.1, -0.05) is 19.9 Å². The first kappa shape index (κ1) is 26.8. The molecule has 29 heavy (non-hydrogen) atoms. The highest BCUT2D eigenvalue weighted by Crippen LogP contribution is 2.26. The van der Waals surface area contributed by atoms with Crippen LogP contribution < -0.4 is 10.2 Å². The fourth-order valence-corrected chi connectivity index (χ4v) is 4.43. The average molecular weight is 448 g/mol. The molecule has 9 nitrogen and oxygen atoms in total. The Kier molecular flexibility index (Phi) is 10.8. The number of hydrogen-bond donors (Lipinski definition) is 2. The highest BCUT2D eigenvalue weighted by atomic mass is 35.5. The molecule has 0 spiro atoms. The van der Waals surface area contributed by atoms with Crippen molar-refractivity contribution in [1.29, 1.82) is 0 Å². The molecule has 0 saturated heterocycles. The van der Waals surface area contributed by atoms with Gasteiger partial charge in [-0.05, 0) is 41.8 Å². The maximum absolute atomic E-state index is 13.3. The molecular formula is C18H26ClN3O6S. The van der Waals surface area contributed by atoms with Gasteiger partial charge in [0.1, 0.15) is 11.8 Å². The third-order valence-corrected chi connectivity index (χ3v) is 5.89. The van der Waals surface area contributed by atoms with Crippen molar-refractivity contribution in [2.75, 3.05) is 7.11 Å². The van der Waals surface area contributed by atoms with Crippen molar-refractivity contribution in [3.05, 3.63) is 54.4 Å². The van der Waals surface area contributed by atoms with Crippen molar-refractivity contribution in [3.8, 4) is 5.75 Å². The molecule has 1 aromatic carbocycles. The van der Waals surface area contributed by atoms with Crippen molar-refractivity contribution in [3.63, 3.8) is 0 Å². The summed E-state index contributed by atoms with van der Waals surface area (Å²) in [5.74, 6) is -0.672. The minimum Gasteiger partial charge on any atom is -0.497 e. The number of carbonyl (C=O) groups is 1. The van der Waals surface area contributed by atoms with E-state index in [2.05, 4.69) is 4.98 Å². The van der Waals surface area contributed by atoms with Crippen LogP contribution in [0.2, 0.25) is 0 Å². The second kappa shape index (κ2) is 11.7. The first-order chi connectivity index (χ1) is 12.8. The van der Waals surface area contributed by atoms with Crippen LogP contribution in [0.25, 0.3) is 0 Å². The number of hydrogen-bond acceptors (Lipinski definition) is 6. The van der Waals surface area contributed by atoms with Gasteiger partial charge in [-0.25, -0.2) is 13.9 Å². The molecule has 11 heteroatoms. The Morgan fingerprint density at radius 1 is 1.24 bits per heavy atom. The molecule has 0 aliphatic carbocycles. The molecule has 0 bridgehead atoms. The Bertz CT molecular complexity index is 863. The third kappa shape index (κ3) is 6.38. The largest absolute Gasteiger partial charge is 0.497 e. The lowest BCUT2D eigenvalue weighted by molar-refractivity contribution is -0.134. The van der Waals surface area contributed by atoms with Gasteiger partial charge in [0.15, 0.2) is 0 Å². The third-order valence-electron chi connectivity index (χ3n) is 4.05. The number of aromatic nitrogens is 1. The summed E-state index contributed by atoms with van der Waals surface area (Å²) in [6.45, 7) is 3.35. The molecule has 1 amide bonds. The van der Waals surface area contributed by atoms with Gasteiger partial charge >= 0.3 is 0 Å². The first-order valence-corrected chi connectivity index (χ1v) is 9.74. The number of methoxy groups -OCH3 is 1. The number of nitrogens with one attached hydrogen (secondary N) is 1. The average Bonchev–Trinajstić information content (AvgIpc) is 2.67. The Morgan fingerprint density at radius 2 is 1.86 bits per heavy atom. The van der Waals surface area contributed by atoms with E-state index in [0.717, 1.165) is 4.31 Å². The molecule has 0 fully saturated rings. The predicted molar refractivity (Wildman–Crippen MR) is 109 cm³/mol. The molecule has 1 aromatic heterocycles. The van der Waals surface area contributed by atoms with Crippen LogP contribution in [0.4, 0.5) is 0 Å². The maximum atomic E-state index is 13.3. The molecule has 162 valence electrons. The molecule has 4 N–H and O–H groups in total. The van der Waals surface area contributed by atoms with Crippen molar-refractivity contribution >= 4 is 28.3 Å². The maximum Gasteiger partial charge on any atom is 0.262 e. The van der Waals surface area contributed by atoms with Crippen LogP contribution in [0.1, 0.15) is 19.4 Å². The lowest BCUT2D eigenvalue weighted by atomic mass is 10.0. The van der Waals surface area contributed by atoms with Crippen LogP contribution in [0.5, 0.6) is 5.75 Å². The normalized spacial score (nSPS) is 11.9. The van der Waals surface area contributed by atoms with E-state index in [1.807, 2.05) is 0 Å². The van der Waals surface area contributed by atoms with Gasteiger partial charge in [0, 0.05) is 18.9 Å². The zero-order valence-corrected chi connectivity index (χ0v) is 17.9. The van der Waals surface area contributed by atoms with Gasteiger partial charge < -0.3 is 10.2 Å². The number of benzene rings is 1. The molecule has 2 rings (SSSR count). The molecule has 1 atom stereocenters. The number of rotatable bonds is 8. The summed E-state index contributed by atoms with van der Waals surface area (Å²) in [5.41, 5.74) is 2.19. The van der Waals surface area contributed by atoms with Crippen molar-refractivity contribution in [2.45, 2.75) is 31.3 Å². The molecule has 0 radical (unpaired) electrons. The highest BCUT2D eigenvalue weighted by Gasteiger charge is 2.38. The molecule has 1 heterocycles. The second-order valence-electron chi connectivity index (χ2n) is 6.25. The SMILES string of the molecule is COc1ccc(S(=O)(=O)N(Cc2cccnc2)[C@@H](C(=O)NO)C(C)C)cc1.Cl.O. The van der Waals surface area contributed by atoms with Crippen LogP contribution in [0.3, 0.4) is 0 Å². The number of nitrogens with zero attached hydrogens (tertiary/aromatic N) is 2. The van der Waals surface area contributed by atoms with Crippen LogP contribution in [-0.4, -0.2) is 47.4 Å². The predicted octanol–water partition coefficient (Wildman–Crippen LogP) is 1.41. The highest BCUT2D eigenvalue weighted by molar-refractivity contribution is 7.89. The minimum atomic E-state index is -4.05. The number of carbonyl (C=O) groups excluding carboxylic acids is 1. The zero-order chi connectivity index (χ0) is 20.0. The Balaban J connectivity index is 0.00000392. The van der Waals surface area contributed by atoms with E-state index in [0.29, 0.717) is 11.3 Å². The number of halogens is 1. The molecule has 0 aliphatic rings. The summed E-state index contributed by atoms with van der Waals surface area (Å²) in [4.78, 5) is 16.3. The van der Waals surface area contributed by atoms with Gasteiger partial charge in [-0.2, -0.15) is 4.31 Å². The van der Waals surface area contributed by atoms with E-state index in [1.165, 1.54) is 37.6 Å². The summed E-state index contributed by atoms with van der Waals surface area (Å²) in [6.07, 6.45) is 3.11. The summed E-state index contributed by atoms with van der Waals surface area (Å²) < 4.78 is 32.7. The summed E-state index contributed by atoms with van der Waals surface area (Å²) in [6, 6.07) is 8.19. The van der Waals surface area contributed by atoms with E-state index in [4.69, 9.17) is 9.94 Å². The quantitative estimate of drug-likeness (QED) is 0.463. The topological polar surface area (TPSA) is 140 Å². The van der Waals surface area contributed by atoms with E-state index in [-0.39, 0.29) is 35.2 Å². The van der Waals surface area contributed by atoms with Gasteiger partial charge in [0.05, 0.1) is 12.0 Å². The lowest BCUT2D eigenvalue weighted by Gasteiger charge is -2.32. The number of sulfonamides is 1. The van der Waals surface area contributed by atoms with Crippen LogP contribution >= 0.6 is 12.4 Å². The fraction of sp³-hybridized carbons (Fsp3) is 0.333. The summed E-state index contributed by atoms with van der Waals surface area (Å²) >= 11 is 0. The van der Waals surface area contributed by atoms with E-state index >= 15 is 0 Å². The number of hydroxylamine groups is 1. The number of amides is 1. The summed E-state index contributed by atoms with van der Waals surface area (Å²) in [7, 11) is -2.56. The lowest BCUT2D eigenvalue weighted by Crippen LogP contribution is -2.51. The van der Waals surface area contributed by atoms with Gasteiger partial charge in [-0.3, -0.25) is 15.0 Å². The molecule has 0 aliphatic heterocycles. The van der Waals surface area contributed by atoms with E-state index in [1.54, 1.807) is 37.7 Å². The van der Waals surface area contributed by atoms with Crippen LogP contribution in [0.15, 0.2) is 53.7 Å². The minimum absolute atomic E-state index is 0. The second-order valence-corrected chi connectivity index (χ2v) is 8.14. The van der Waals surface area contributed by atoms with E-state index in [9.17, 15) is 13.2 Å². The van der Waals surface area contributed by atoms with Crippen LogP contribution in [-0.2, 0) is 21.4 Å².